The second kappa shape index (κ2) is 5.28. The van der Waals surface area contributed by atoms with Gasteiger partial charge in [-0.15, -0.1) is 0 Å². The van der Waals surface area contributed by atoms with Gasteiger partial charge < -0.3 is 5.11 Å². The highest BCUT2D eigenvalue weighted by Gasteiger charge is 2.42. The molecule has 2 aliphatic rings. The van der Waals surface area contributed by atoms with E-state index < -0.39 is 5.60 Å². The molecule has 1 nitrogen and oxygen atoms in total. The Morgan fingerprint density at radius 3 is 2.63 bits per heavy atom. The molecule has 0 saturated heterocycles. The van der Waals surface area contributed by atoms with Crippen molar-refractivity contribution in [2.75, 3.05) is 0 Å². The lowest BCUT2D eigenvalue weighted by Gasteiger charge is -2.43. The van der Waals surface area contributed by atoms with Crippen molar-refractivity contribution < 1.29 is 5.11 Å². The molecule has 0 radical (unpaired) electrons. The third-order valence-electron chi connectivity index (χ3n) is 5.59. The van der Waals surface area contributed by atoms with Gasteiger partial charge >= 0.3 is 0 Å². The molecule has 1 aromatic carbocycles. The summed E-state index contributed by atoms with van der Waals surface area (Å²) in [5, 5.41) is 11.3. The number of aryl methyl sites for hydroxylation is 1. The predicted molar refractivity (Wildman–Crippen MR) is 79.0 cm³/mol. The summed E-state index contributed by atoms with van der Waals surface area (Å²) in [6.07, 6.45) is 9.60. The van der Waals surface area contributed by atoms with E-state index in [1.807, 2.05) is 0 Å². The molecule has 0 aromatic heterocycles. The fourth-order valence-electron chi connectivity index (χ4n) is 4.32. The molecule has 0 heterocycles. The van der Waals surface area contributed by atoms with Crippen molar-refractivity contribution in [3.8, 4) is 0 Å². The number of hydrogen-bond acceptors (Lipinski definition) is 1. The molecule has 1 heteroatoms. The average molecular weight is 258 g/mol. The highest BCUT2D eigenvalue weighted by atomic mass is 16.3. The van der Waals surface area contributed by atoms with E-state index in [1.54, 1.807) is 0 Å². The Balaban J connectivity index is 1.84. The van der Waals surface area contributed by atoms with Gasteiger partial charge in [0.25, 0.3) is 0 Å². The molecule has 0 amide bonds. The van der Waals surface area contributed by atoms with Crippen LogP contribution in [0.25, 0.3) is 0 Å². The van der Waals surface area contributed by atoms with E-state index in [9.17, 15) is 5.11 Å². The quantitative estimate of drug-likeness (QED) is 0.832. The van der Waals surface area contributed by atoms with Gasteiger partial charge in [-0.05, 0) is 55.1 Å². The van der Waals surface area contributed by atoms with E-state index in [1.165, 1.54) is 43.2 Å². The van der Waals surface area contributed by atoms with Gasteiger partial charge in [0.15, 0.2) is 0 Å². The Labute approximate surface area is 117 Å². The lowest BCUT2D eigenvalue weighted by atomic mass is 9.65. The first-order valence-electron chi connectivity index (χ1n) is 8.05. The molecule has 1 fully saturated rings. The van der Waals surface area contributed by atoms with E-state index in [-0.39, 0.29) is 0 Å². The Bertz CT molecular complexity index is 431. The highest BCUT2D eigenvalue weighted by Crippen LogP contribution is 2.47. The maximum absolute atomic E-state index is 11.3. The van der Waals surface area contributed by atoms with Gasteiger partial charge in [0.1, 0.15) is 0 Å². The molecule has 2 aliphatic carbocycles. The van der Waals surface area contributed by atoms with Gasteiger partial charge in [0, 0.05) is 0 Å². The Morgan fingerprint density at radius 1 is 1.16 bits per heavy atom. The van der Waals surface area contributed by atoms with Crippen LogP contribution in [0.1, 0.15) is 63.0 Å². The molecule has 0 aliphatic heterocycles. The summed E-state index contributed by atoms with van der Waals surface area (Å²) in [5.74, 6) is 1.38. The van der Waals surface area contributed by atoms with Gasteiger partial charge in [0.05, 0.1) is 5.60 Å². The smallest absolute Gasteiger partial charge is 0.0927 e. The molecule has 0 bridgehead atoms. The Kier molecular flexibility index (Phi) is 3.66. The first kappa shape index (κ1) is 13.2. The van der Waals surface area contributed by atoms with Crippen LogP contribution < -0.4 is 0 Å². The average Bonchev–Trinajstić information content (AvgIpc) is 2.48. The summed E-state index contributed by atoms with van der Waals surface area (Å²) in [6, 6.07) is 8.57. The maximum Gasteiger partial charge on any atom is 0.0927 e. The van der Waals surface area contributed by atoms with E-state index in [0.29, 0.717) is 5.92 Å². The first-order valence-corrected chi connectivity index (χ1v) is 8.05. The minimum absolute atomic E-state index is 0.483. The van der Waals surface area contributed by atoms with Crippen LogP contribution in [-0.2, 0) is 12.0 Å². The summed E-state index contributed by atoms with van der Waals surface area (Å²) < 4.78 is 0. The van der Waals surface area contributed by atoms with Crippen molar-refractivity contribution in [3.63, 3.8) is 0 Å². The zero-order valence-corrected chi connectivity index (χ0v) is 12.1. The first-order chi connectivity index (χ1) is 9.24. The van der Waals surface area contributed by atoms with E-state index in [2.05, 4.69) is 31.2 Å². The molecule has 1 saturated carbocycles. The standard InChI is InChI=1S/C18H26O/c1-2-14-9-11-16(12-10-14)18(19)13-5-7-15-6-3-4-8-17(15)18/h3-4,6,8,14,16,19H,2,5,7,9-13H2,1H3. The predicted octanol–water partition coefficient (Wildman–Crippen LogP) is 4.43. The fraction of sp³-hybridized carbons (Fsp3) is 0.667. The number of benzene rings is 1. The zero-order valence-electron chi connectivity index (χ0n) is 12.1. The molecule has 1 atom stereocenters. The van der Waals surface area contributed by atoms with Crippen LogP contribution in [0.5, 0.6) is 0 Å². The van der Waals surface area contributed by atoms with Gasteiger partial charge in [0.2, 0.25) is 0 Å². The minimum atomic E-state index is -0.534. The van der Waals surface area contributed by atoms with Crippen LogP contribution in [0, 0.1) is 11.8 Å². The highest BCUT2D eigenvalue weighted by molar-refractivity contribution is 5.35. The summed E-state index contributed by atoms with van der Waals surface area (Å²) in [6.45, 7) is 2.30. The van der Waals surface area contributed by atoms with Crippen molar-refractivity contribution in [2.24, 2.45) is 11.8 Å². The van der Waals surface area contributed by atoms with Crippen LogP contribution in [0.2, 0.25) is 0 Å². The monoisotopic (exact) mass is 258 g/mol. The van der Waals surface area contributed by atoms with E-state index in [0.717, 1.165) is 25.2 Å². The third kappa shape index (κ3) is 2.33. The van der Waals surface area contributed by atoms with Crippen molar-refractivity contribution in [2.45, 2.75) is 63.9 Å². The summed E-state index contributed by atoms with van der Waals surface area (Å²) in [7, 11) is 0. The van der Waals surface area contributed by atoms with Crippen LogP contribution in [0.4, 0.5) is 0 Å². The van der Waals surface area contributed by atoms with Crippen LogP contribution in [0.15, 0.2) is 24.3 Å². The largest absolute Gasteiger partial charge is 0.385 e. The number of rotatable bonds is 2. The van der Waals surface area contributed by atoms with Crippen molar-refractivity contribution >= 4 is 0 Å². The molecule has 3 rings (SSSR count). The zero-order chi connectivity index (χ0) is 13.3. The van der Waals surface area contributed by atoms with Gasteiger partial charge in [-0.1, -0.05) is 50.5 Å². The van der Waals surface area contributed by atoms with Gasteiger partial charge in [-0.2, -0.15) is 0 Å². The minimum Gasteiger partial charge on any atom is -0.385 e. The summed E-state index contributed by atoms with van der Waals surface area (Å²) >= 11 is 0. The molecule has 1 unspecified atom stereocenters. The lowest BCUT2D eigenvalue weighted by molar-refractivity contribution is -0.0576. The number of hydrogen-bond donors (Lipinski definition) is 1. The topological polar surface area (TPSA) is 20.2 Å². The summed E-state index contributed by atoms with van der Waals surface area (Å²) in [4.78, 5) is 0. The molecule has 0 spiro atoms. The van der Waals surface area contributed by atoms with Gasteiger partial charge in [-0.25, -0.2) is 0 Å². The maximum atomic E-state index is 11.3. The van der Waals surface area contributed by atoms with Crippen molar-refractivity contribution in [1.82, 2.24) is 0 Å². The van der Waals surface area contributed by atoms with E-state index in [4.69, 9.17) is 0 Å². The SMILES string of the molecule is CCC1CCC(C2(O)CCCc3ccccc32)CC1. The molecule has 19 heavy (non-hydrogen) atoms. The van der Waals surface area contributed by atoms with Crippen LogP contribution in [-0.4, -0.2) is 5.11 Å². The molecule has 1 N–H and O–H groups in total. The Hall–Kier alpha value is -0.820. The molecular formula is C18H26O. The normalized spacial score (nSPS) is 34.8. The summed E-state index contributed by atoms with van der Waals surface area (Å²) in [5.41, 5.74) is 2.09. The van der Waals surface area contributed by atoms with Crippen LogP contribution in [0.3, 0.4) is 0 Å². The van der Waals surface area contributed by atoms with Crippen LogP contribution >= 0.6 is 0 Å². The number of fused-ring (bicyclic) bond motifs is 1. The van der Waals surface area contributed by atoms with Crippen molar-refractivity contribution in [3.05, 3.63) is 35.4 Å². The second-order valence-corrected chi connectivity index (χ2v) is 6.56. The Morgan fingerprint density at radius 2 is 1.89 bits per heavy atom. The molecule has 1 aromatic rings. The number of aliphatic hydroxyl groups is 1. The van der Waals surface area contributed by atoms with Crippen molar-refractivity contribution in [1.29, 1.82) is 0 Å². The second-order valence-electron chi connectivity index (χ2n) is 6.56. The third-order valence-corrected chi connectivity index (χ3v) is 5.59. The fourth-order valence-corrected chi connectivity index (χ4v) is 4.32. The molecule has 104 valence electrons. The molecular weight excluding hydrogens is 232 g/mol. The van der Waals surface area contributed by atoms with E-state index >= 15 is 0 Å². The lowest BCUT2D eigenvalue weighted by Crippen LogP contribution is -2.40. The van der Waals surface area contributed by atoms with Gasteiger partial charge in [-0.3, -0.25) is 0 Å².